The number of nitrogens with one attached hydrogen (secondary N) is 1. The highest BCUT2D eigenvalue weighted by Gasteiger charge is 2.20. The van der Waals surface area contributed by atoms with Gasteiger partial charge in [-0.25, -0.2) is 0 Å². The molecule has 0 saturated carbocycles. The molecule has 1 N–H and O–H groups in total. The van der Waals surface area contributed by atoms with Crippen LogP contribution in [0.3, 0.4) is 0 Å². The summed E-state index contributed by atoms with van der Waals surface area (Å²) in [5.74, 6) is 0.370. The van der Waals surface area contributed by atoms with Crippen molar-refractivity contribution < 1.29 is 9.53 Å². The number of hydrogen-bond donors (Lipinski definition) is 1. The van der Waals surface area contributed by atoms with Crippen molar-refractivity contribution in [1.29, 1.82) is 5.26 Å². The van der Waals surface area contributed by atoms with Crippen LogP contribution in [0.15, 0.2) is 46.9 Å². The second-order valence-corrected chi connectivity index (χ2v) is 7.30. The minimum absolute atomic E-state index is 0.108. The second kappa shape index (κ2) is 7.50. The molecule has 0 bridgehead atoms. The van der Waals surface area contributed by atoms with E-state index < -0.39 is 0 Å². The van der Waals surface area contributed by atoms with Crippen molar-refractivity contribution in [1.82, 2.24) is 0 Å². The molecule has 0 heterocycles. The molecule has 0 fully saturated rings. The molecule has 2 rings (SSSR count). The number of halogens is 1. The van der Waals surface area contributed by atoms with Gasteiger partial charge in [-0.1, -0.05) is 48.8 Å². The van der Waals surface area contributed by atoms with Crippen LogP contribution in [-0.4, -0.2) is 12.5 Å². The fraction of sp³-hybridized carbons (Fsp3) is 0.263. The molecule has 5 heteroatoms. The van der Waals surface area contributed by atoms with Gasteiger partial charge in [-0.2, -0.15) is 5.26 Å². The molecule has 0 aliphatic heterocycles. The van der Waals surface area contributed by atoms with Crippen molar-refractivity contribution in [3.63, 3.8) is 0 Å². The van der Waals surface area contributed by atoms with Crippen LogP contribution in [0.4, 0.5) is 5.69 Å². The highest BCUT2D eigenvalue weighted by atomic mass is 79.9. The van der Waals surface area contributed by atoms with Crippen LogP contribution in [0.1, 0.15) is 31.9 Å². The Kier molecular flexibility index (Phi) is 5.63. The molecule has 0 aliphatic carbocycles. The monoisotopic (exact) mass is 386 g/mol. The highest BCUT2D eigenvalue weighted by Crippen LogP contribution is 2.33. The summed E-state index contributed by atoms with van der Waals surface area (Å²) in [6, 6.07) is 14.6. The molecule has 0 saturated heterocycles. The lowest BCUT2D eigenvalue weighted by molar-refractivity contribution is -0.118. The lowest BCUT2D eigenvalue weighted by atomic mass is 9.86. The van der Waals surface area contributed by atoms with Gasteiger partial charge in [0, 0.05) is 10.0 Å². The number of ether oxygens (including phenoxy) is 1. The molecule has 0 radical (unpaired) electrons. The highest BCUT2D eigenvalue weighted by molar-refractivity contribution is 9.10. The summed E-state index contributed by atoms with van der Waals surface area (Å²) in [6.45, 7) is 6.14. The summed E-state index contributed by atoms with van der Waals surface area (Å²) < 4.78 is 6.68. The largest absolute Gasteiger partial charge is 0.483 e. The van der Waals surface area contributed by atoms with Gasteiger partial charge in [-0.3, -0.25) is 4.79 Å². The van der Waals surface area contributed by atoms with E-state index in [1.807, 2.05) is 24.3 Å². The van der Waals surface area contributed by atoms with Crippen molar-refractivity contribution in [3.8, 4) is 11.8 Å². The summed E-state index contributed by atoms with van der Waals surface area (Å²) in [4.78, 5) is 12.1. The number of carbonyl (C=O) groups excluding carboxylic acids is 1. The Balaban J connectivity index is 2.09. The predicted octanol–water partition coefficient (Wildman–Crippen LogP) is 4.64. The number of carbonyl (C=O) groups is 1. The van der Waals surface area contributed by atoms with Crippen LogP contribution in [0.2, 0.25) is 0 Å². The first-order chi connectivity index (χ1) is 11.3. The van der Waals surface area contributed by atoms with Crippen molar-refractivity contribution in [2.75, 3.05) is 11.9 Å². The quantitative estimate of drug-likeness (QED) is 0.832. The number of amides is 1. The minimum atomic E-state index is -0.305. The van der Waals surface area contributed by atoms with Gasteiger partial charge in [0.25, 0.3) is 5.91 Å². The molecule has 2 aromatic carbocycles. The Morgan fingerprint density at radius 1 is 1.25 bits per heavy atom. The summed E-state index contributed by atoms with van der Waals surface area (Å²) in [6.07, 6.45) is 0. The fourth-order valence-electron chi connectivity index (χ4n) is 2.23. The van der Waals surface area contributed by atoms with E-state index >= 15 is 0 Å². The summed E-state index contributed by atoms with van der Waals surface area (Å²) in [5.41, 5.74) is 1.82. The van der Waals surface area contributed by atoms with E-state index in [1.54, 1.807) is 24.3 Å². The molecule has 0 aromatic heterocycles. The molecule has 124 valence electrons. The van der Waals surface area contributed by atoms with E-state index in [2.05, 4.69) is 42.0 Å². The number of para-hydroxylation sites is 1. The third-order valence-electron chi connectivity index (χ3n) is 3.43. The van der Waals surface area contributed by atoms with Crippen molar-refractivity contribution in [2.24, 2.45) is 0 Å². The van der Waals surface area contributed by atoms with E-state index in [-0.39, 0.29) is 17.9 Å². The number of nitriles is 1. The average Bonchev–Trinajstić information content (AvgIpc) is 2.53. The van der Waals surface area contributed by atoms with Gasteiger partial charge in [0.2, 0.25) is 0 Å². The summed E-state index contributed by atoms with van der Waals surface area (Å²) >= 11 is 3.46. The van der Waals surface area contributed by atoms with E-state index in [0.717, 1.165) is 10.0 Å². The first kappa shape index (κ1) is 18.0. The van der Waals surface area contributed by atoms with Crippen LogP contribution in [-0.2, 0) is 10.2 Å². The first-order valence-electron chi connectivity index (χ1n) is 7.53. The molecular formula is C19H19BrN2O2. The standard InChI is InChI=1S/C19H19BrN2O2/c1-19(2,3)15-10-14(20)8-9-17(15)24-12-18(23)22-16-7-5-4-6-13(16)11-21/h4-10H,12H2,1-3H3,(H,22,23). The minimum Gasteiger partial charge on any atom is -0.483 e. The third-order valence-corrected chi connectivity index (χ3v) is 3.92. The molecule has 0 unspecified atom stereocenters. The Bertz CT molecular complexity index is 789. The maximum absolute atomic E-state index is 12.1. The topological polar surface area (TPSA) is 62.1 Å². The van der Waals surface area contributed by atoms with Crippen molar-refractivity contribution in [2.45, 2.75) is 26.2 Å². The number of hydrogen-bond acceptors (Lipinski definition) is 3. The summed E-state index contributed by atoms with van der Waals surface area (Å²) in [5, 5.41) is 11.8. The number of benzene rings is 2. The van der Waals surface area contributed by atoms with Gasteiger partial charge in [-0.15, -0.1) is 0 Å². The molecule has 0 spiro atoms. The Morgan fingerprint density at radius 3 is 2.62 bits per heavy atom. The maximum atomic E-state index is 12.1. The zero-order chi connectivity index (χ0) is 17.7. The molecule has 4 nitrogen and oxygen atoms in total. The van der Waals surface area contributed by atoms with Crippen LogP contribution in [0, 0.1) is 11.3 Å². The van der Waals surface area contributed by atoms with Gasteiger partial charge in [0.15, 0.2) is 6.61 Å². The Labute approximate surface area is 150 Å². The molecule has 0 atom stereocenters. The number of rotatable bonds is 4. The summed E-state index contributed by atoms with van der Waals surface area (Å²) in [7, 11) is 0. The van der Waals surface area contributed by atoms with E-state index in [1.165, 1.54) is 0 Å². The Hall–Kier alpha value is -2.32. The first-order valence-corrected chi connectivity index (χ1v) is 8.32. The molecule has 2 aromatic rings. The maximum Gasteiger partial charge on any atom is 0.262 e. The normalized spacial score (nSPS) is 10.8. The SMILES string of the molecule is CC(C)(C)c1cc(Br)ccc1OCC(=O)Nc1ccccc1C#N. The van der Waals surface area contributed by atoms with Gasteiger partial charge in [0.1, 0.15) is 11.8 Å². The van der Waals surface area contributed by atoms with Crippen LogP contribution in [0.25, 0.3) is 0 Å². The second-order valence-electron chi connectivity index (χ2n) is 6.38. The average molecular weight is 387 g/mol. The molecule has 24 heavy (non-hydrogen) atoms. The van der Waals surface area contributed by atoms with Gasteiger partial charge in [-0.05, 0) is 35.7 Å². The smallest absolute Gasteiger partial charge is 0.262 e. The van der Waals surface area contributed by atoms with Crippen LogP contribution in [0.5, 0.6) is 5.75 Å². The lowest BCUT2D eigenvalue weighted by Gasteiger charge is -2.23. The van der Waals surface area contributed by atoms with E-state index in [4.69, 9.17) is 10.00 Å². The van der Waals surface area contributed by atoms with Crippen molar-refractivity contribution >= 4 is 27.5 Å². The van der Waals surface area contributed by atoms with E-state index in [0.29, 0.717) is 17.0 Å². The van der Waals surface area contributed by atoms with Crippen LogP contribution < -0.4 is 10.1 Å². The molecule has 0 aliphatic rings. The van der Waals surface area contributed by atoms with Crippen molar-refractivity contribution in [3.05, 3.63) is 58.1 Å². The number of anilines is 1. The Morgan fingerprint density at radius 2 is 1.96 bits per heavy atom. The van der Waals surface area contributed by atoms with Crippen LogP contribution >= 0.6 is 15.9 Å². The molecular weight excluding hydrogens is 368 g/mol. The van der Waals surface area contributed by atoms with E-state index in [9.17, 15) is 4.79 Å². The zero-order valence-corrected chi connectivity index (χ0v) is 15.5. The fourth-order valence-corrected chi connectivity index (χ4v) is 2.59. The third kappa shape index (κ3) is 4.59. The number of nitrogens with zero attached hydrogens (tertiary/aromatic N) is 1. The predicted molar refractivity (Wildman–Crippen MR) is 98.1 cm³/mol. The van der Waals surface area contributed by atoms with Gasteiger partial charge in [0.05, 0.1) is 11.3 Å². The lowest BCUT2D eigenvalue weighted by Crippen LogP contribution is -2.22. The molecule has 1 amide bonds. The van der Waals surface area contributed by atoms with Gasteiger partial charge < -0.3 is 10.1 Å². The zero-order valence-electron chi connectivity index (χ0n) is 13.9. The van der Waals surface area contributed by atoms with Gasteiger partial charge >= 0.3 is 0 Å².